The summed E-state index contributed by atoms with van der Waals surface area (Å²) in [6.07, 6.45) is 2.69. The van der Waals surface area contributed by atoms with Gasteiger partial charge in [-0.05, 0) is 36.4 Å². The Kier molecular flexibility index (Phi) is 6.95. The lowest BCUT2D eigenvalue weighted by atomic mass is 10.1. The molecule has 1 aromatic rings. The number of halogens is 1. The minimum absolute atomic E-state index is 0.0103. The van der Waals surface area contributed by atoms with Crippen molar-refractivity contribution >= 4 is 15.9 Å². The highest BCUT2D eigenvalue weighted by molar-refractivity contribution is 9.10. The minimum atomic E-state index is -0.0889. The molecule has 0 amide bonds. The van der Waals surface area contributed by atoms with Crippen LogP contribution in [0.1, 0.15) is 25.1 Å². The molecule has 7 heteroatoms. The second-order valence-corrected chi connectivity index (χ2v) is 5.59. The second kappa shape index (κ2) is 7.96. The summed E-state index contributed by atoms with van der Waals surface area (Å²) in [5.74, 6) is 5.71. The number of aromatic nitrogens is 2. The standard InChI is InChI=1S/C12H24BrN5O/c1-5-10(19-4)11(16-14)12-9(13)8-15-18(12)7-6-17(2)3/h8,10-11,16H,5-7,14H2,1-4H3. The summed E-state index contributed by atoms with van der Waals surface area (Å²) >= 11 is 3.54. The average Bonchev–Trinajstić information content (AvgIpc) is 2.74. The zero-order valence-corrected chi connectivity index (χ0v) is 13.6. The molecule has 1 rings (SSSR count). The van der Waals surface area contributed by atoms with Crippen LogP contribution in [0.2, 0.25) is 0 Å². The van der Waals surface area contributed by atoms with Gasteiger partial charge in [0.25, 0.3) is 0 Å². The van der Waals surface area contributed by atoms with E-state index in [1.807, 2.05) is 18.8 Å². The van der Waals surface area contributed by atoms with Gasteiger partial charge in [0, 0.05) is 13.7 Å². The van der Waals surface area contributed by atoms with Gasteiger partial charge in [0.05, 0.1) is 35.1 Å². The van der Waals surface area contributed by atoms with E-state index in [4.69, 9.17) is 10.6 Å². The van der Waals surface area contributed by atoms with Crippen molar-refractivity contribution in [1.82, 2.24) is 20.1 Å². The van der Waals surface area contributed by atoms with Crippen molar-refractivity contribution < 1.29 is 4.74 Å². The van der Waals surface area contributed by atoms with E-state index in [1.165, 1.54) is 0 Å². The summed E-state index contributed by atoms with van der Waals surface area (Å²) in [7, 11) is 5.79. The molecule has 6 nitrogen and oxygen atoms in total. The number of nitrogens with two attached hydrogens (primary N) is 1. The molecule has 1 heterocycles. The van der Waals surface area contributed by atoms with Crippen LogP contribution in [0.15, 0.2) is 10.7 Å². The Morgan fingerprint density at radius 1 is 1.58 bits per heavy atom. The van der Waals surface area contributed by atoms with Gasteiger partial charge >= 0.3 is 0 Å². The van der Waals surface area contributed by atoms with Crippen molar-refractivity contribution in [2.75, 3.05) is 27.7 Å². The maximum atomic E-state index is 5.71. The van der Waals surface area contributed by atoms with Crippen LogP contribution in [0.3, 0.4) is 0 Å². The molecule has 110 valence electrons. The third-order valence-corrected chi connectivity index (χ3v) is 3.75. The summed E-state index contributed by atoms with van der Waals surface area (Å²) in [5, 5.41) is 4.40. The summed E-state index contributed by atoms with van der Waals surface area (Å²) in [4.78, 5) is 2.12. The van der Waals surface area contributed by atoms with Crippen LogP contribution in [-0.4, -0.2) is 48.5 Å². The molecule has 0 aliphatic rings. The van der Waals surface area contributed by atoms with Crippen LogP contribution in [0.25, 0.3) is 0 Å². The van der Waals surface area contributed by atoms with E-state index in [0.29, 0.717) is 0 Å². The minimum Gasteiger partial charge on any atom is -0.379 e. The molecule has 0 spiro atoms. The molecule has 0 fully saturated rings. The first-order valence-electron chi connectivity index (χ1n) is 6.40. The molecular weight excluding hydrogens is 310 g/mol. The van der Waals surface area contributed by atoms with E-state index in [0.717, 1.165) is 29.7 Å². The SMILES string of the molecule is CCC(OC)C(NN)c1c(Br)cnn1CCN(C)C. The molecule has 0 saturated carbocycles. The number of nitrogens with one attached hydrogen (secondary N) is 1. The fourth-order valence-corrected chi connectivity index (χ4v) is 2.60. The van der Waals surface area contributed by atoms with Crippen molar-refractivity contribution in [3.8, 4) is 0 Å². The quantitative estimate of drug-likeness (QED) is 0.551. The third-order valence-electron chi connectivity index (χ3n) is 3.14. The van der Waals surface area contributed by atoms with Gasteiger partial charge in [-0.15, -0.1) is 0 Å². The lowest BCUT2D eigenvalue weighted by molar-refractivity contribution is 0.0618. The Bertz CT molecular complexity index is 378. The molecule has 0 radical (unpaired) electrons. The van der Waals surface area contributed by atoms with Crippen molar-refractivity contribution in [3.05, 3.63) is 16.4 Å². The predicted octanol–water partition coefficient (Wildman–Crippen LogP) is 1.14. The number of likely N-dealkylation sites (N-methyl/N-ethyl adjacent to an activating group) is 1. The maximum Gasteiger partial charge on any atom is 0.0901 e. The van der Waals surface area contributed by atoms with Crippen LogP contribution in [-0.2, 0) is 11.3 Å². The molecule has 1 aromatic heterocycles. The maximum absolute atomic E-state index is 5.71. The van der Waals surface area contributed by atoms with E-state index in [-0.39, 0.29) is 12.1 Å². The lowest BCUT2D eigenvalue weighted by Gasteiger charge is -2.26. The van der Waals surface area contributed by atoms with Crippen LogP contribution in [0.5, 0.6) is 0 Å². The molecule has 0 aromatic carbocycles. The van der Waals surface area contributed by atoms with Gasteiger partial charge < -0.3 is 9.64 Å². The van der Waals surface area contributed by atoms with Gasteiger partial charge in [0.15, 0.2) is 0 Å². The number of methoxy groups -OCH3 is 1. The first-order chi connectivity index (χ1) is 9.04. The molecule has 2 unspecified atom stereocenters. The summed E-state index contributed by atoms with van der Waals surface area (Å²) in [6, 6.07) is -0.0889. The second-order valence-electron chi connectivity index (χ2n) is 4.73. The van der Waals surface area contributed by atoms with Crippen LogP contribution >= 0.6 is 15.9 Å². The van der Waals surface area contributed by atoms with Crippen LogP contribution in [0, 0.1) is 0 Å². The van der Waals surface area contributed by atoms with Crippen molar-refractivity contribution in [2.24, 2.45) is 5.84 Å². The Labute approximate surface area is 123 Å². The fraction of sp³-hybridized carbons (Fsp3) is 0.750. The average molecular weight is 334 g/mol. The number of hydrazine groups is 1. The van der Waals surface area contributed by atoms with Crippen molar-refractivity contribution in [2.45, 2.75) is 32.0 Å². The van der Waals surface area contributed by atoms with E-state index in [9.17, 15) is 0 Å². The largest absolute Gasteiger partial charge is 0.379 e. The summed E-state index contributed by atoms with van der Waals surface area (Å²) in [6.45, 7) is 3.81. The normalized spacial score (nSPS) is 14.9. The van der Waals surface area contributed by atoms with Crippen LogP contribution < -0.4 is 11.3 Å². The molecular formula is C12H24BrN5O. The summed E-state index contributed by atoms with van der Waals surface area (Å²) < 4.78 is 8.41. The van der Waals surface area contributed by atoms with Gasteiger partial charge in [-0.25, -0.2) is 5.43 Å². The van der Waals surface area contributed by atoms with E-state index in [2.05, 4.69) is 38.3 Å². The number of hydrogen-bond donors (Lipinski definition) is 2. The molecule has 0 saturated heterocycles. The number of rotatable bonds is 8. The van der Waals surface area contributed by atoms with Gasteiger partial charge in [0.1, 0.15) is 0 Å². The van der Waals surface area contributed by atoms with Crippen LogP contribution in [0.4, 0.5) is 0 Å². The fourth-order valence-electron chi connectivity index (χ4n) is 2.05. The van der Waals surface area contributed by atoms with Gasteiger partial charge in [-0.2, -0.15) is 5.10 Å². The first kappa shape index (κ1) is 16.6. The number of ether oxygens (including phenoxy) is 1. The highest BCUT2D eigenvalue weighted by atomic mass is 79.9. The zero-order valence-electron chi connectivity index (χ0n) is 12.1. The smallest absolute Gasteiger partial charge is 0.0901 e. The molecule has 3 N–H and O–H groups in total. The van der Waals surface area contributed by atoms with Gasteiger partial charge in [-0.3, -0.25) is 10.5 Å². The Morgan fingerprint density at radius 3 is 2.74 bits per heavy atom. The van der Waals surface area contributed by atoms with E-state index < -0.39 is 0 Å². The molecule has 19 heavy (non-hydrogen) atoms. The topological polar surface area (TPSA) is 68.3 Å². The Hall–Kier alpha value is -0.470. The van der Waals surface area contributed by atoms with Crippen molar-refractivity contribution in [3.63, 3.8) is 0 Å². The van der Waals surface area contributed by atoms with E-state index in [1.54, 1.807) is 13.3 Å². The Balaban J connectivity index is 2.98. The summed E-state index contributed by atoms with van der Waals surface area (Å²) in [5.41, 5.74) is 3.87. The predicted molar refractivity (Wildman–Crippen MR) is 79.6 cm³/mol. The van der Waals surface area contributed by atoms with Gasteiger partial charge in [-0.1, -0.05) is 6.92 Å². The molecule has 0 aliphatic heterocycles. The third kappa shape index (κ3) is 4.25. The number of nitrogens with zero attached hydrogens (tertiary/aromatic N) is 3. The highest BCUT2D eigenvalue weighted by Crippen LogP contribution is 2.27. The first-order valence-corrected chi connectivity index (χ1v) is 7.19. The van der Waals surface area contributed by atoms with Crippen molar-refractivity contribution in [1.29, 1.82) is 0 Å². The lowest BCUT2D eigenvalue weighted by Crippen LogP contribution is -2.39. The molecule has 0 bridgehead atoms. The van der Waals surface area contributed by atoms with Gasteiger partial charge in [0.2, 0.25) is 0 Å². The van der Waals surface area contributed by atoms with E-state index >= 15 is 0 Å². The zero-order chi connectivity index (χ0) is 14.4. The molecule has 0 aliphatic carbocycles. The highest BCUT2D eigenvalue weighted by Gasteiger charge is 2.26. The monoisotopic (exact) mass is 333 g/mol. The number of hydrogen-bond acceptors (Lipinski definition) is 5. The Morgan fingerprint density at radius 2 is 2.26 bits per heavy atom. The molecule has 2 atom stereocenters.